The van der Waals surface area contributed by atoms with E-state index in [0.29, 0.717) is 5.56 Å². The lowest BCUT2D eigenvalue weighted by Gasteiger charge is -2.05. The van der Waals surface area contributed by atoms with Crippen molar-refractivity contribution in [3.63, 3.8) is 0 Å². The zero-order valence-electron chi connectivity index (χ0n) is 10.9. The largest absolute Gasteiger partial charge is 0.316 e. The first-order chi connectivity index (χ1) is 9.49. The molecular weight excluding hydrogens is 263 g/mol. The summed E-state index contributed by atoms with van der Waals surface area (Å²) in [6.45, 7) is 0.116. The Bertz CT molecular complexity index is 744. The fraction of sp³-hybridized carbons (Fsp3) is 0.214. The fourth-order valence-corrected chi connectivity index (χ4v) is 1.77. The smallest absolute Gasteiger partial charge is 0.312 e. The van der Waals surface area contributed by atoms with E-state index in [1.807, 2.05) is 0 Å². The van der Waals surface area contributed by atoms with Crippen LogP contribution in [0.4, 0.5) is 4.39 Å². The van der Waals surface area contributed by atoms with Crippen molar-refractivity contribution < 1.29 is 9.18 Å². The maximum Gasteiger partial charge on any atom is 0.316 e. The lowest BCUT2D eigenvalue weighted by atomic mass is 10.1. The maximum atomic E-state index is 12.7. The number of aryl methyl sites for hydroxylation is 2. The molecule has 0 amide bonds. The van der Waals surface area contributed by atoms with Crippen LogP contribution in [-0.2, 0) is 13.6 Å². The quantitative estimate of drug-likeness (QED) is 0.617. The number of halogens is 1. The topological polar surface area (TPSA) is 61.1 Å². The third-order valence-corrected chi connectivity index (χ3v) is 2.98. The van der Waals surface area contributed by atoms with Crippen LogP contribution >= 0.6 is 0 Å². The first-order valence-electron chi connectivity index (χ1n) is 6.04. The molecule has 0 fully saturated rings. The predicted octanol–water partition coefficient (Wildman–Crippen LogP) is 0.959. The second-order valence-electron chi connectivity index (χ2n) is 4.39. The van der Waals surface area contributed by atoms with E-state index < -0.39 is 16.9 Å². The van der Waals surface area contributed by atoms with E-state index in [1.165, 1.54) is 52.8 Å². The number of hydrogen-bond acceptors (Lipinski definition) is 3. The Labute approximate surface area is 113 Å². The minimum Gasteiger partial charge on any atom is -0.312 e. The molecule has 0 spiro atoms. The Morgan fingerprint density at radius 3 is 2.40 bits per heavy atom. The van der Waals surface area contributed by atoms with Crippen LogP contribution in [0.15, 0.2) is 46.2 Å². The van der Waals surface area contributed by atoms with Gasteiger partial charge in [-0.2, -0.15) is 0 Å². The van der Waals surface area contributed by atoms with Crippen molar-refractivity contribution in [1.82, 2.24) is 9.13 Å². The van der Waals surface area contributed by atoms with Gasteiger partial charge in [-0.25, -0.2) is 4.39 Å². The van der Waals surface area contributed by atoms with Crippen LogP contribution in [0.2, 0.25) is 0 Å². The normalized spacial score (nSPS) is 10.5. The molecule has 104 valence electrons. The lowest BCUT2D eigenvalue weighted by molar-refractivity contribution is 0.0976. The number of ketones is 1. The Morgan fingerprint density at radius 1 is 1.10 bits per heavy atom. The van der Waals surface area contributed by atoms with Crippen LogP contribution in [0.25, 0.3) is 0 Å². The Hall–Kier alpha value is -2.50. The molecule has 0 saturated heterocycles. The summed E-state index contributed by atoms with van der Waals surface area (Å²) in [5.41, 5.74) is -0.924. The highest BCUT2D eigenvalue weighted by Crippen LogP contribution is 2.06. The number of hydrogen-bond donors (Lipinski definition) is 0. The highest BCUT2D eigenvalue weighted by Gasteiger charge is 2.08. The van der Waals surface area contributed by atoms with Crippen LogP contribution < -0.4 is 11.1 Å². The number of nitrogens with zero attached hydrogens (tertiary/aromatic N) is 2. The summed E-state index contributed by atoms with van der Waals surface area (Å²) in [5.74, 6) is -0.623. The molecule has 2 rings (SSSR count). The summed E-state index contributed by atoms with van der Waals surface area (Å²) in [6.07, 6.45) is 2.99. The number of rotatable bonds is 4. The Morgan fingerprint density at radius 2 is 1.75 bits per heavy atom. The van der Waals surface area contributed by atoms with Crippen molar-refractivity contribution in [3.05, 3.63) is 68.7 Å². The van der Waals surface area contributed by atoms with Crippen LogP contribution in [0, 0.1) is 5.82 Å². The van der Waals surface area contributed by atoms with Gasteiger partial charge in [0.25, 0.3) is 0 Å². The summed E-state index contributed by atoms with van der Waals surface area (Å²) in [6, 6.07) is 5.20. The molecule has 20 heavy (non-hydrogen) atoms. The fourth-order valence-electron chi connectivity index (χ4n) is 1.77. The highest BCUT2D eigenvalue weighted by atomic mass is 19.1. The van der Waals surface area contributed by atoms with Crippen LogP contribution in [0.1, 0.15) is 16.8 Å². The van der Waals surface area contributed by atoms with Crippen LogP contribution in [-0.4, -0.2) is 14.9 Å². The molecule has 0 N–H and O–H groups in total. The Balaban J connectivity index is 2.11. The highest BCUT2D eigenvalue weighted by molar-refractivity contribution is 5.95. The van der Waals surface area contributed by atoms with Crippen molar-refractivity contribution >= 4 is 5.78 Å². The van der Waals surface area contributed by atoms with Crippen molar-refractivity contribution in [2.24, 2.45) is 7.05 Å². The van der Waals surface area contributed by atoms with Crippen molar-refractivity contribution in [2.45, 2.75) is 13.0 Å². The molecule has 6 heteroatoms. The number of Topliss-reactive ketones (excluding diaryl/α,β-unsaturated/α-hetero) is 1. The third kappa shape index (κ3) is 2.90. The van der Waals surface area contributed by atoms with Gasteiger partial charge in [-0.3, -0.25) is 14.4 Å². The average Bonchev–Trinajstić information content (AvgIpc) is 2.44. The summed E-state index contributed by atoms with van der Waals surface area (Å²) in [7, 11) is 1.48. The minimum atomic E-state index is -0.665. The van der Waals surface area contributed by atoms with Gasteiger partial charge < -0.3 is 9.13 Å². The van der Waals surface area contributed by atoms with Crippen LogP contribution in [0.5, 0.6) is 0 Å². The van der Waals surface area contributed by atoms with Gasteiger partial charge in [0, 0.05) is 38.0 Å². The molecule has 0 unspecified atom stereocenters. The van der Waals surface area contributed by atoms with E-state index in [1.54, 1.807) is 0 Å². The molecule has 2 aromatic rings. The second kappa shape index (κ2) is 5.64. The van der Waals surface area contributed by atoms with Gasteiger partial charge in [0.1, 0.15) is 5.82 Å². The molecule has 0 bridgehead atoms. The van der Waals surface area contributed by atoms with Crippen LogP contribution in [0.3, 0.4) is 0 Å². The van der Waals surface area contributed by atoms with Gasteiger partial charge in [-0.15, -0.1) is 0 Å². The summed E-state index contributed by atoms with van der Waals surface area (Å²) in [5, 5.41) is 0. The van der Waals surface area contributed by atoms with Crippen molar-refractivity contribution in [3.8, 4) is 0 Å². The average molecular weight is 276 g/mol. The van der Waals surface area contributed by atoms with Crippen molar-refractivity contribution in [1.29, 1.82) is 0 Å². The lowest BCUT2D eigenvalue weighted by Crippen LogP contribution is -2.39. The molecule has 1 aromatic heterocycles. The molecule has 0 radical (unpaired) electrons. The van der Waals surface area contributed by atoms with E-state index in [0.717, 1.165) is 0 Å². The van der Waals surface area contributed by atoms with E-state index in [2.05, 4.69) is 0 Å². The molecule has 1 aromatic carbocycles. The minimum absolute atomic E-state index is 0.0682. The van der Waals surface area contributed by atoms with Gasteiger partial charge in [-0.1, -0.05) is 0 Å². The monoisotopic (exact) mass is 276 g/mol. The third-order valence-electron chi connectivity index (χ3n) is 2.98. The van der Waals surface area contributed by atoms with Crippen molar-refractivity contribution in [2.75, 3.05) is 0 Å². The van der Waals surface area contributed by atoms with E-state index in [-0.39, 0.29) is 18.7 Å². The standard InChI is InChI=1S/C14H13FN2O3/c1-16-8-9-17(14(20)13(16)19)7-6-12(18)10-2-4-11(15)5-3-10/h2-5,8-9H,6-7H2,1H3. The summed E-state index contributed by atoms with van der Waals surface area (Å²) < 4.78 is 15.1. The number of benzene rings is 1. The van der Waals surface area contributed by atoms with Gasteiger partial charge in [0.2, 0.25) is 0 Å². The SMILES string of the molecule is Cn1ccn(CCC(=O)c2ccc(F)cc2)c(=O)c1=O. The van der Waals surface area contributed by atoms with Gasteiger partial charge in [0.15, 0.2) is 5.78 Å². The van der Waals surface area contributed by atoms with E-state index in [9.17, 15) is 18.8 Å². The zero-order chi connectivity index (χ0) is 14.7. The van der Waals surface area contributed by atoms with E-state index in [4.69, 9.17) is 0 Å². The molecule has 0 aliphatic carbocycles. The van der Waals surface area contributed by atoms with Gasteiger partial charge in [-0.05, 0) is 24.3 Å². The molecule has 0 aliphatic rings. The predicted molar refractivity (Wildman–Crippen MR) is 71.3 cm³/mol. The number of carbonyl (C=O) groups is 1. The molecule has 0 atom stereocenters. The molecule has 0 aliphatic heterocycles. The maximum absolute atomic E-state index is 12.7. The first kappa shape index (κ1) is 13.9. The molecular formula is C14H13FN2O3. The molecule has 5 nitrogen and oxygen atoms in total. The summed E-state index contributed by atoms with van der Waals surface area (Å²) >= 11 is 0. The molecule has 1 heterocycles. The second-order valence-corrected chi connectivity index (χ2v) is 4.39. The first-order valence-corrected chi connectivity index (χ1v) is 6.04. The Kier molecular flexibility index (Phi) is 3.93. The number of carbonyl (C=O) groups excluding carboxylic acids is 1. The molecule has 0 saturated carbocycles. The van der Waals surface area contributed by atoms with Gasteiger partial charge in [0.05, 0.1) is 0 Å². The summed E-state index contributed by atoms with van der Waals surface area (Å²) in [4.78, 5) is 35.0. The van der Waals surface area contributed by atoms with E-state index >= 15 is 0 Å². The number of aromatic nitrogens is 2. The zero-order valence-corrected chi connectivity index (χ0v) is 10.9. The van der Waals surface area contributed by atoms with Gasteiger partial charge >= 0.3 is 11.1 Å².